The Kier molecular flexibility index (Phi) is 7.32. The van der Waals surface area contributed by atoms with Crippen molar-refractivity contribution in [3.8, 4) is 0 Å². The highest BCUT2D eigenvalue weighted by Crippen LogP contribution is 2.38. The van der Waals surface area contributed by atoms with Gasteiger partial charge in [-0.05, 0) is 63.5 Å². The first-order chi connectivity index (χ1) is 17.5. The third kappa shape index (κ3) is 4.88. The van der Waals surface area contributed by atoms with E-state index in [4.69, 9.17) is 4.74 Å². The van der Waals surface area contributed by atoms with Gasteiger partial charge in [0, 0.05) is 42.8 Å². The smallest absolute Gasteiger partial charge is 0.242 e. The lowest BCUT2D eigenvalue weighted by Crippen LogP contribution is -2.54. The lowest BCUT2D eigenvalue weighted by Gasteiger charge is -2.41. The van der Waals surface area contributed by atoms with Crippen molar-refractivity contribution in [2.75, 3.05) is 32.8 Å². The van der Waals surface area contributed by atoms with Gasteiger partial charge in [0.25, 0.3) is 0 Å². The summed E-state index contributed by atoms with van der Waals surface area (Å²) in [5.74, 6) is -0.140. The molecule has 1 atom stereocenters. The largest absolute Gasteiger partial charge is 0.380 e. The van der Waals surface area contributed by atoms with Gasteiger partial charge in [-0.3, -0.25) is 14.4 Å². The Morgan fingerprint density at radius 2 is 1.86 bits per heavy atom. The summed E-state index contributed by atoms with van der Waals surface area (Å²) >= 11 is 0. The molecule has 36 heavy (non-hydrogen) atoms. The lowest BCUT2D eigenvalue weighted by atomic mass is 9.73. The van der Waals surface area contributed by atoms with Crippen LogP contribution < -0.4 is 10.6 Å². The molecule has 8 nitrogen and oxygen atoms in total. The van der Waals surface area contributed by atoms with Gasteiger partial charge in [0.15, 0.2) is 0 Å². The van der Waals surface area contributed by atoms with Gasteiger partial charge < -0.3 is 24.8 Å². The summed E-state index contributed by atoms with van der Waals surface area (Å²) in [6.07, 6.45) is 7.00. The summed E-state index contributed by atoms with van der Waals surface area (Å²) in [7, 11) is 0. The number of piperidine rings is 1. The van der Waals surface area contributed by atoms with Crippen LogP contribution in [0.15, 0.2) is 24.3 Å². The van der Waals surface area contributed by atoms with Gasteiger partial charge in [0.1, 0.15) is 12.6 Å². The van der Waals surface area contributed by atoms with Gasteiger partial charge in [-0.15, -0.1) is 0 Å². The second-order valence-corrected chi connectivity index (χ2v) is 10.6. The first kappa shape index (κ1) is 24.8. The highest BCUT2D eigenvalue weighted by molar-refractivity contribution is 5.90. The number of nitrogens with zero attached hydrogens (tertiary/aromatic N) is 2. The Balaban J connectivity index is 1.28. The molecular formula is C28H38N4O4. The van der Waals surface area contributed by atoms with Crippen LogP contribution in [0, 0.1) is 5.41 Å². The van der Waals surface area contributed by atoms with Gasteiger partial charge in [-0.2, -0.15) is 0 Å². The van der Waals surface area contributed by atoms with Crippen molar-refractivity contribution in [1.82, 2.24) is 20.1 Å². The predicted molar refractivity (Wildman–Crippen MR) is 137 cm³/mol. The maximum absolute atomic E-state index is 13.4. The average molecular weight is 495 g/mol. The molecule has 5 rings (SSSR count). The van der Waals surface area contributed by atoms with Crippen LogP contribution in [-0.2, 0) is 38.5 Å². The molecule has 2 saturated heterocycles. The summed E-state index contributed by atoms with van der Waals surface area (Å²) in [5, 5.41) is 7.06. The summed E-state index contributed by atoms with van der Waals surface area (Å²) < 4.78 is 7.84. The van der Waals surface area contributed by atoms with Gasteiger partial charge >= 0.3 is 0 Å². The molecule has 3 amide bonds. The van der Waals surface area contributed by atoms with Crippen molar-refractivity contribution in [2.45, 2.75) is 70.9 Å². The van der Waals surface area contributed by atoms with Crippen LogP contribution in [-0.4, -0.2) is 66.1 Å². The molecule has 1 aliphatic carbocycles. The van der Waals surface area contributed by atoms with E-state index in [9.17, 15) is 14.4 Å². The number of aromatic nitrogens is 1. The minimum Gasteiger partial charge on any atom is -0.380 e. The maximum Gasteiger partial charge on any atom is 0.242 e. The zero-order chi connectivity index (χ0) is 25.1. The zero-order valence-electron chi connectivity index (χ0n) is 21.3. The standard InChI is InChI=1S/C28H38N4O4/c1-20-26(34)29-14-18-36-17-5-4-11-28(27(35)30-20)12-15-31(16-13-28)25(33)19-32-23-9-3-2-7-21(23)22-8-6-10-24(22)32/h2-3,7,9,20H,4-6,8,10-19H2,1H3,(H,29,34)(H,30,35)/t20-/m0/s1. The minimum atomic E-state index is -0.598. The molecule has 0 saturated carbocycles. The number of hydrogen-bond acceptors (Lipinski definition) is 4. The molecule has 3 heterocycles. The molecule has 1 spiro atoms. The number of carbonyl (C=O) groups excluding carboxylic acids is 3. The number of carbonyl (C=O) groups is 3. The molecule has 2 aliphatic heterocycles. The third-order valence-corrected chi connectivity index (χ3v) is 8.36. The van der Waals surface area contributed by atoms with E-state index in [1.807, 2.05) is 11.0 Å². The van der Waals surface area contributed by atoms with Crippen molar-refractivity contribution in [2.24, 2.45) is 5.41 Å². The van der Waals surface area contributed by atoms with Crippen molar-refractivity contribution < 1.29 is 19.1 Å². The fourth-order valence-electron chi connectivity index (χ4n) is 6.20. The molecule has 194 valence electrons. The fraction of sp³-hybridized carbons (Fsp3) is 0.607. The van der Waals surface area contributed by atoms with Crippen LogP contribution in [0.3, 0.4) is 0 Å². The Hall–Kier alpha value is -2.87. The minimum absolute atomic E-state index is 0.0633. The van der Waals surface area contributed by atoms with E-state index in [2.05, 4.69) is 33.4 Å². The Bertz CT molecular complexity index is 1130. The number of nitrogens with one attached hydrogen (secondary N) is 2. The topological polar surface area (TPSA) is 92.7 Å². The third-order valence-electron chi connectivity index (χ3n) is 8.36. The van der Waals surface area contributed by atoms with E-state index in [-0.39, 0.29) is 17.7 Å². The molecule has 0 bridgehead atoms. The van der Waals surface area contributed by atoms with Crippen LogP contribution in [0.1, 0.15) is 56.7 Å². The van der Waals surface area contributed by atoms with E-state index < -0.39 is 11.5 Å². The number of aryl methyl sites for hydroxylation is 1. The van der Waals surface area contributed by atoms with Crippen LogP contribution in [0.4, 0.5) is 0 Å². The number of fused-ring (bicyclic) bond motifs is 3. The summed E-state index contributed by atoms with van der Waals surface area (Å²) in [6, 6.07) is 7.80. The summed E-state index contributed by atoms with van der Waals surface area (Å²) in [5.41, 5.74) is 3.30. The Labute approximate surface area is 212 Å². The van der Waals surface area contributed by atoms with Crippen molar-refractivity contribution in [3.63, 3.8) is 0 Å². The molecule has 2 N–H and O–H groups in total. The first-order valence-corrected chi connectivity index (χ1v) is 13.5. The van der Waals surface area contributed by atoms with Gasteiger partial charge in [0.05, 0.1) is 12.0 Å². The monoisotopic (exact) mass is 494 g/mol. The molecule has 0 radical (unpaired) electrons. The van der Waals surface area contributed by atoms with E-state index in [0.29, 0.717) is 52.2 Å². The maximum atomic E-state index is 13.4. The van der Waals surface area contributed by atoms with Gasteiger partial charge in [-0.25, -0.2) is 0 Å². The second-order valence-electron chi connectivity index (χ2n) is 10.6. The first-order valence-electron chi connectivity index (χ1n) is 13.5. The quantitative estimate of drug-likeness (QED) is 0.671. The summed E-state index contributed by atoms with van der Waals surface area (Å²) in [4.78, 5) is 41.2. The predicted octanol–water partition coefficient (Wildman–Crippen LogP) is 2.56. The second kappa shape index (κ2) is 10.6. The number of rotatable bonds is 2. The highest BCUT2D eigenvalue weighted by Gasteiger charge is 2.42. The van der Waals surface area contributed by atoms with Crippen LogP contribution in [0.25, 0.3) is 10.9 Å². The van der Waals surface area contributed by atoms with Crippen molar-refractivity contribution in [3.05, 3.63) is 35.5 Å². The molecule has 8 heteroatoms. The SMILES string of the molecule is C[C@@H]1NC(=O)C2(CCCCOCCNC1=O)CCN(C(=O)Cn1c3c(c4ccccc41)CCC3)CC2. The normalized spacial score (nSPS) is 23.4. The zero-order valence-corrected chi connectivity index (χ0v) is 21.3. The van der Waals surface area contributed by atoms with Crippen molar-refractivity contribution in [1.29, 1.82) is 0 Å². The lowest BCUT2D eigenvalue weighted by molar-refractivity contribution is -0.142. The molecule has 1 aromatic heterocycles. The molecule has 2 fully saturated rings. The Morgan fingerprint density at radius 3 is 2.69 bits per heavy atom. The highest BCUT2D eigenvalue weighted by atomic mass is 16.5. The Morgan fingerprint density at radius 1 is 1.06 bits per heavy atom. The molecule has 0 unspecified atom stereocenters. The molecule has 1 aromatic carbocycles. The number of hydrogen-bond donors (Lipinski definition) is 2. The van der Waals surface area contributed by atoms with Gasteiger partial charge in [0.2, 0.25) is 17.7 Å². The molecule has 3 aliphatic rings. The molecule has 2 aromatic rings. The van der Waals surface area contributed by atoms with Crippen LogP contribution >= 0.6 is 0 Å². The number of likely N-dealkylation sites (tertiary alicyclic amines) is 1. The fourth-order valence-corrected chi connectivity index (χ4v) is 6.20. The average Bonchev–Trinajstić information content (AvgIpc) is 3.48. The number of amides is 3. The molecular weight excluding hydrogens is 456 g/mol. The van der Waals surface area contributed by atoms with Crippen molar-refractivity contribution >= 4 is 28.6 Å². The van der Waals surface area contributed by atoms with E-state index in [1.165, 1.54) is 16.6 Å². The van der Waals surface area contributed by atoms with E-state index in [0.717, 1.165) is 44.0 Å². The number of ether oxygens (including phenoxy) is 1. The van der Waals surface area contributed by atoms with E-state index in [1.54, 1.807) is 6.92 Å². The van der Waals surface area contributed by atoms with Crippen LogP contribution in [0.2, 0.25) is 0 Å². The van der Waals surface area contributed by atoms with Gasteiger partial charge in [-0.1, -0.05) is 24.6 Å². The summed E-state index contributed by atoms with van der Waals surface area (Å²) in [6.45, 7) is 4.75. The van der Waals surface area contributed by atoms with Crippen LogP contribution in [0.5, 0.6) is 0 Å². The number of benzene rings is 1. The van der Waals surface area contributed by atoms with E-state index >= 15 is 0 Å². The number of para-hydroxylation sites is 1.